The Balaban J connectivity index is 2.15. The Morgan fingerprint density at radius 3 is 2.76 bits per heavy atom. The minimum Gasteiger partial charge on any atom is -0.481 e. The molecule has 112 valence electrons. The molecule has 1 fully saturated rings. The first kappa shape index (κ1) is 15.6. The van der Waals surface area contributed by atoms with Crippen molar-refractivity contribution < 1.29 is 19.5 Å². The number of carbonyl (C=O) groups is 3. The molecule has 21 heavy (non-hydrogen) atoms. The summed E-state index contributed by atoms with van der Waals surface area (Å²) >= 11 is 1.24. The Morgan fingerprint density at radius 1 is 1.38 bits per heavy atom. The number of nitrogens with zero attached hydrogens (tertiary/aromatic N) is 1. The van der Waals surface area contributed by atoms with Gasteiger partial charge in [-0.15, -0.1) is 11.8 Å². The maximum atomic E-state index is 12.4. The summed E-state index contributed by atoms with van der Waals surface area (Å²) in [6.07, 6.45) is 0.128. The lowest BCUT2D eigenvalue weighted by Crippen LogP contribution is -2.31. The third kappa shape index (κ3) is 3.44. The molecule has 1 aliphatic rings. The number of aryl methyl sites for hydroxylation is 2. The van der Waals surface area contributed by atoms with E-state index in [1.807, 2.05) is 32.0 Å². The van der Waals surface area contributed by atoms with Crippen LogP contribution in [0.3, 0.4) is 0 Å². The average molecular weight is 307 g/mol. The first-order valence-electron chi connectivity index (χ1n) is 6.67. The van der Waals surface area contributed by atoms with Crippen molar-refractivity contribution >= 4 is 35.2 Å². The Morgan fingerprint density at radius 2 is 2.10 bits per heavy atom. The molecular weight excluding hydrogens is 290 g/mol. The van der Waals surface area contributed by atoms with Crippen LogP contribution in [0.1, 0.15) is 24.0 Å². The van der Waals surface area contributed by atoms with Crippen LogP contribution in [0.2, 0.25) is 0 Å². The number of thioether (sulfide) groups is 1. The van der Waals surface area contributed by atoms with E-state index < -0.39 is 11.2 Å². The number of benzene rings is 1. The Labute approximate surface area is 127 Å². The van der Waals surface area contributed by atoms with Gasteiger partial charge in [0.15, 0.2) is 0 Å². The molecule has 1 aromatic rings. The van der Waals surface area contributed by atoms with Crippen molar-refractivity contribution in [2.75, 3.05) is 10.7 Å². The van der Waals surface area contributed by atoms with Crippen molar-refractivity contribution in [1.29, 1.82) is 0 Å². The van der Waals surface area contributed by atoms with Gasteiger partial charge in [-0.2, -0.15) is 0 Å². The van der Waals surface area contributed by atoms with E-state index in [1.54, 1.807) is 0 Å². The first-order chi connectivity index (χ1) is 9.90. The fourth-order valence-corrected chi connectivity index (χ4v) is 3.32. The lowest BCUT2D eigenvalue weighted by molar-refractivity contribution is -0.136. The number of rotatable bonds is 5. The van der Waals surface area contributed by atoms with Gasteiger partial charge in [0.1, 0.15) is 0 Å². The van der Waals surface area contributed by atoms with E-state index in [-0.39, 0.29) is 24.7 Å². The maximum absolute atomic E-state index is 12.4. The van der Waals surface area contributed by atoms with E-state index in [9.17, 15) is 14.4 Å². The largest absolute Gasteiger partial charge is 0.481 e. The van der Waals surface area contributed by atoms with Crippen LogP contribution >= 0.6 is 11.8 Å². The number of carbonyl (C=O) groups excluding carboxylic acids is 2. The second-order valence-electron chi connectivity index (χ2n) is 5.06. The topological polar surface area (TPSA) is 74.7 Å². The molecule has 0 saturated carbocycles. The molecule has 0 aromatic heterocycles. The molecule has 1 unspecified atom stereocenters. The van der Waals surface area contributed by atoms with Crippen LogP contribution in [-0.2, 0) is 14.4 Å². The molecule has 2 rings (SSSR count). The fraction of sp³-hybridized carbons (Fsp3) is 0.400. The molecule has 1 saturated heterocycles. The number of amides is 2. The summed E-state index contributed by atoms with van der Waals surface area (Å²) in [5.41, 5.74) is 2.49. The average Bonchev–Trinajstić information content (AvgIpc) is 2.67. The van der Waals surface area contributed by atoms with Gasteiger partial charge in [-0.1, -0.05) is 12.1 Å². The van der Waals surface area contributed by atoms with Gasteiger partial charge in [-0.05, 0) is 31.0 Å². The van der Waals surface area contributed by atoms with Crippen molar-refractivity contribution in [3.8, 4) is 0 Å². The van der Waals surface area contributed by atoms with Crippen LogP contribution in [-0.4, -0.2) is 33.9 Å². The van der Waals surface area contributed by atoms with Gasteiger partial charge in [0.25, 0.3) is 0 Å². The van der Waals surface area contributed by atoms with Crippen LogP contribution in [0.15, 0.2) is 18.2 Å². The molecule has 0 radical (unpaired) electrons. The van der Waals surface area contributed by atoms with Crippen LogP contribution in [0.5, 0.6) is 0 Å². The minimum absolute atomic E-state index is 0.00783. The zero-order chi connectivity index (χ0) is 15.6. The number of hydrogen-bond acceptors (Lipinski definition) is 4. The number of carboxylic acids is 1. The molecule has 1 N–H and O–H groups in total. The SMILES string of the molecule is Cc1ccc(C)c(N2C(=O)CC(SCCC(=O)O)C2=O)c1. The molecule has 0 spiro atoms. The standard InChI is InChI=1S/C15H17NO4S/c1-9-3-4-10(2)11(7-9)16-13(17)8-12(15(16)20)21-6-5-14(18)19/h3-4,7,12H,5-6,8H2,1-2H3,(H,18,19). The zero-order valence-electron chi connectivity index (χ0n) is 12.0. The quantitative estimate of drug-likeness (QED) is 0.844. The van der Waals surface area contributed by atoms with Gasteiger partial charge in [-0.25, -0.2) is 4.90 Å². The number of carboxylic acid groups (broad SMARTS) is 1. The number of imide groups is 1. The van der Waals surface area contributed by atoms with E-state index in [0.29, 0.717) is 11.4 Å². The summed E-state index contributed by atoms with van der Waals surface area (Å²) < 4.78 is 0. The molecule has 0 aliphatic carbocycles. The fourth-order valence-electron chi connectivity index (χ4n) is 2.24. The molecule has 1 aromatic carbocycles. The monoisotopic (exact) mass is 307 g/mol. The van der Waals surface area contributed by atoms with Gasteiger partial charge in [0.05, 0.1) is 17.4 Å². The van der Waals surface area contributed by atoms with Crippen LogP contribution in [0, 0.1) is 13.8 Å². The Hall–Kier alpha value is -1.82. The highest BCUT2D eigenvalue weighted by molar-refractivity contribution is 8.00. The Bertz CT molecular complexity index is 599. The third-order valence-corrected chi connectivity index (χ3v) is 4.56. The number of anilines is 1. The predicted octanol–water partition coefficient (Wildman–Crippen LogP) is 2.14. The molecule has 5 nitrogen and oxygen atoms in total. The molecule has 1 atom stereocenters. The molecule has 6 heteroatoms. The highest BCUT2D eigenvalue weighted by Crippen LogP contribution is 2.32. The first-order valence-corrected chi connectivity index (χ1v) is 7.72. The number of hydrogen-bond donors (Lipinski definition) is 1. The molecule has 2 amide bonds. The van der Waals surface area contributed by atoms with Crippen LogP contribution in [0.25, 0.3) is 0 Å². The van der Waals surface area contributed by atoms with E-state index in [1.165, 1.54) is 16.7 Å². The maximum Gasteiger partial charge on any atom is 0.304 e. The number of aliphatic carboxylic acids is 1. The van der Waals surface area contributed by atoms with Crippen LogP contribution < -0.4 is 4.90 Å². The normalized spacial score (nSPS) is 18.4. The van der Waals surface area contributed by atoms with E-state index in [0.717, 1.165) is 11.1 Å². The lowest BCUT2D eigenvalue weighted by Gasteiger charge is -2.18. The molecular formula is C15H17NO4S. The second kappa shape index (κ2) is 6.30. The molecule has 1 aliphatic heterocycles. The second-order valence-corrected chi connectivity index (χ2v) is 6.38. The summed E-state index contributed by atoms with van der Waals surface area (Å²) in [6.45, 7) is 3.77. The minimum atomic E-state index is -0.898. The Kier molecular flexibility index (Phi) is 4.67. The smallest absolute Gasteiger partial charge is 0.304 e. The van der Waals surface area contributed by atoms with E-state index in [4.69, 9.17) is 5.11 Å². The highest BCUT2D eigenvalue weighted by Gasteiger charge is 2.40. The van der Waals surface area contributed by atoms with Gasteiger partial charge in [0.2, 0.25) is 11.8 Å². The van der Waals surface area contributed by atoms with Gasteiger partial charge < -0.3 is 5.11 Å². The van der Waals surface area contributed by atoms with E-state index >= 15 is 0 Å². The van der Waals surface area contributed by atoms with Gasteiger partial charge in [0, 0.05) is 12.2 Å². The van der Waals surface area contributed by atoms with Crippen molar-refractivity contribution in [3.05, 3.63) is 29.3 Å². The summed E-state index contributed by atoms with van der Waals surface area (Å²) in [5.74, 6) is -1.03. The summed E-state index contributed by atoms with van der Waals surface area (Å²) in [4.78, 5) is 36.3. The van der Waals surface area contributed by atoms with Crippen LogP contribution in [0.4, 0.5) is 5.69 Å². The van der Waals surface area contributed by atoms with Crippen molar-refractivity contribution in [1.82, 2.24) is 0 Å². The predicted molar refractivity (Wildman–Crippen MR) is 81.5 cm³/mol. The highest BCUT2D eigenvalue weighted by atomic mass is 32.2. The van der Waals surface area contributed by atoms with Gasteiger partial charge in [-0.3, -0.25) is 14.4 Å². The summed E-state index contributed by atoms with van der Waals surface area (Å²) in [7, 11) is 0. The summed E-state index contributed by atoms with van der Waals surface area (Å²) in [6, 6.07) is 5.65. The third-order valence-electron chi connectivity index (χ3n) is 3.35. The van der Waals surface area contributed by atoms with Crippen molar-refractivity contribution in [2.45, 2.75) is 31.9 Å². The van der Waals surface area contributed by atoms with Crippen molar-refractivity contribution in [2.24, 2.45) is 0 Å². The zero-order valence-corrected chi connectivity index (χ0v) is 12.8. The summed E-state index contributed by atoms with van der Waals surface area (Å²) in [5, 5.41) is 8.15. The molecule has 0 bridgehead atoms. The van der Waals surface area contributed by atoms with Crippen molar-refractivity contribution in [3.63, 3.8) is 0 Å². The lowest BCUT2D eigenvalue weighted by atomic mass is 10.1. The van der Waals surface area contributed by atoms with Gasteiger partial charge >= 0.3 is 5.97 Å². The van der Waals surface area contributed by atoms with E-state index in [2.05, 4.69) is 0 Å². The molecule has 1 heterocycles.